The largest absolute Gasteiger partial charge is 0.493 e. The lowest BCUT2D eigenvalue weighted by Crippen LogP contribution is -2.04. The fourth-order valence-electron chi connectivity index (χ4n) is 1.74. The van der Waals surface area contributed by atoms with Gasteiger partial charge in [-0.15, -0.1) is 0 Å². The van der Waals surface area contributed by atoms with E-state index in [1.807, 2.05) is 36.0 Å². The van der Waals surface area contributed by atoms with Crippen LogP contribution in [-0.2, 0) is 4.74 Å². The quantitative estimate of drug-likeness (QED) is 0.514. The van der Waals surface area contributed by atoms with Crippen LogP contribution in [0.3, 0.4) is 0 Å². The van der Waals surface area contributed by atoms with Gasteiger partial charge in [0, 0.05) is 5.75 Å². The van der Waals surface area contributed by atoms with Gasteiger partial charge < -0.3 is 14.2 Å². The SMILES string of the molecule is c1cc(OCC2CO2)ccc1OCCSCC1CC1. The third-order valence-corrected chi connectivity index (χ3v) is 4.37. The lowest BCUT2D eigenvalue weighted by Gasteiger charge is -2.08. The number of epoxide rings is 1. The highest BCUT2D eigenvalue weighted by atomic mass is 32.2. The van der Waals surface area contributed by atoms with Gasteiger partial charge in [0.25, 0.3) is 0 Å². The molecule has 0 amide bonds. The van der Waals surface area contributed by atoms with Crippen molar-refractivity contribution in [2.24, 2.45) is 5.92 Å². The molecule has 0 aromatic heterocycles. The van der Waals surface area contributed by atoms with Gasteiger partial charge in [0.05, 0.1) is 13.2 Å². The maximum atomic E-state index is 5.70. The van der Waals surface area contributed by atoms with Crippen molar-refractivity contribution in [3.05, 3.63) is 24.3 Å². The van der Waals surface area contributed by atoms with E-state index in [-0.39, 0.29) is 0 Å². The van der Waals surface area contributed by atoms with Gasteiger partial charge in [-0.1, -0.05) is 0 Å². The van der Waals surface area contributed by atoms with Gasteiger partial charge in [-0.25, -0.2) is 0 Å². The van der Waals surface area contributed by atoms with Crippen LogP contribution in [-0.4, -0.2) is 37.4 Å². The van der Waals surface area contributed by atoms with E-state index in [1.165, 1.54) is 18.6 Å². The summed E-state index contributed by atoms with van der Waals surface area (Å²) >= 11 is 2.00. The Morgan fingerprint density at radius 2 is 1.79 bits per heavy atom. The van der Waals surface area contributed by atoms with Gasteiger partial charge in [-0.2, -0.15) is 11.8 Å². The van der Waals surface area contributed by atoms with Crippen LogP contribution in [0.1, 0.15) is 12.8 Å². The lowest BCUT2D eigenvalue weighted by atomic mass is 10.3. The molecular formula is C15H20O3S. The maximum absolute atomic E-state index is 5.70. The van der Waals surface area contributed by atoms with Crippen molar-refractivity contribution in [1.82, 2.24) is 0 Å². The van der Waals surface area contributed by atoms with Crippen LogP contribution in [0.15, 0.2) is 24.3 Å². The molecule has 1 heterocycles. The molecule has 3 nitrogen and oxygen atoms in total. The molecule has 1 aromatic carbocycles. The van der Waals surface area contributed by atoms with E-state index in [9.17, 15) is 0 Å². The standard InChI is InChI=1S/C15H20O3S/c1-2-12(1)11-19-8-7-16-13-3-5-14(6-4-13)17-9-15-10-18-15/h3-6,12,15H,1-2,7-11H2. The van der Waals surface area contributed by atoms with E-state index in [2.05, 4.69) is 0 Å². The van der Waals surface area contributed by atoms with Gasteiger partial charge in [0.15, 0.2) is 0 Å². The molecule has 1 atom stereocenters. The van der Waals surface area contributed by atoms with Crippen LogP contribution in [0.2, 0.25) is 0 Å². The number of ether oxygens (including phenoxy) is 3. The Morgan fingerprint density at radius 3 is 2.42 bits per heavy atom. The summed E-state index contributed by atoms with van der Waals surface area (Å²) in [6, 6.07) is 7.84. The normalized spacial score (nSPS) is 21.2. The van der Waals surface area contributed by atoms with Crippen LogP contribution < -0.4 is 9.47 Å². The molecule has 2 fully saturated rings. The minimum Gasteiger partial charge on any atom is -0.493 e. The highest BCUT2D eigenvalue weighted by molar-refractivity contribution is 7.99. The third kappa shape index (κ3) is 4.96. The summed E-state index contributed by atoms with van der Waals surface area (Å²) in [6.45, 7) is 2.27. The molecule has 19 heavy (non-hydrogen) atoms. The monoisotopic (exact) mass is 280 g/mol. The Labute approximate surface area is 118 Å². The van der Waals surface area contributed by atoms with Gasteiger partial charge in [-0.3, -0.25) is 0 Å². The summed E-state index contributed by atoms with van der Waals surface area (Å²) < 4.78 is 16.4. The van der Waals surface area contributed by atoms with Crippen molar-refractivity contribution in [3.8, 4) is 11.5 Å². The summed E-state index contributed by atoms with van der Waals surface area (Å²) in [5.41, 5.74) is 0. The Morgan fingerprint density at radius 1 is 1.11 bits per heavy atom. The zero-order valence-corrected chi connectivity index (χ0v) is 11.9. The number of rotatable bonds is 9. The fraction of sp³-hybridized carbons (Fsp3) is 0.600. The van der Waals surface area contributed by atoms with E-state index in [0.717, 1.165) is 36.4 Å². The zero-order chi connectivity index (χ0) is 12.9. The van der Waals surface area contributed by atoms with Crippen LogP contribution in [0, 0.1) is 5.92 Å². The van der Waals surface area contributed by atoms with E-state index in [4.69, 9.17) is 14.2 Å². The number of benzene rings is 1. The highest BCUT2D eigenvalue weighted by Gasteiger charge is 2.23. The average Bonchev–Trinajstić information content (AvgIpc) is 3.31. The number of hydrogen-bond acceptors (Lipinski definition) is 4. The molecule has 1 saturated carbocycles. The van der Waals surface area contributed by atoms with Crippen molar-refractivity contribution < 1.29 is 14.2 Å². The Balaban J connectivity index is 1.30. The number of hydrogen-bond donors (Lipinski definition) is 0. The lowest BCUT2D eigenvalue weighted by molar-refractivity contribution is 0.262. The van der Waals surface area contributed by atoms with Crippen molar-refractivity contribution in [3.63, 3.8) is 0 Å². The Kier molecular flexibility index (Phi) is 4.51. The smallest absolute Gasteiger partial charge is 0.119 e. The highest BCUT2D eigenvalue weighted by Crippen LogP contribution is 2.32. The van der Waals surface area contributed by atoms with E-state index >= 15 is 0 Å². The number of thioether (sulfide) groups is 1. The molecule has 0 spiro atoms. The zero-order valence-electron chi connectivity index (χ0n) is 11.0. The molecule has 4 heteroatoms. The summed E-state index contributed by atoms with van der Waals surface area (Å²) in [4.78, 5) is 0. The predicted molar refractivity (Wildman–Crippen MR) is 77.2 cm³/mol. The van der Waals surface area contributed by atoms with E-state index < -0.39 is 0 Å². The van der Waals surface area contributed by atoms with E-state index in [1.54, 1.807) is 0 Å². The first-order valence-electron chi connectivity index (χ1n) is 6.95. The van der Waals surface area contributed by atoms with Crippen LogP contribution in [0.5, 0.6) is 11.5 Å². The topological polar surface area (TPSA) is 31.0 Å². The van der Waals surface area contributed by atoms with Crippen molar-refractivity contribution >= 4 is 11.8 Å². The molecule has 3 rings (SSSR count). The molecule has 1 saturated heterocycles. The van der Waals surface area contributed by atoms with Crippen molar-refractivity contribution in [2.75, 3.05) is 31.3 Å². The second-order valence-corrected chi connectivity index (χ2v) is 6.25. The van der Waals surface area contributed by atoms with Gasteiger partial charge in [0.1, 0.15) is 24.2 Å². The van der Waals surface area contributed by atoms with Crippen LogP contribution in [0.4, 0.5) is 0 Å². The fourth-order valence-corrected chi connectivity index (χ4v) is 2.77. The summed E-state index contributed by atoms with van der Waals surface area (Å²) in [5, 5.41) is 0. The Bertz CT molecular complexity index is 385. The first kappa shape index (κ1) is 13.1. The molecule has 1 unspecified atom stereocenters. The molecule has 0 N–H and O–H groups in total. The van der Waals surface area contributed by atoms with Crippen molar-refractivity contribution in [2.45, 2.75) is 18.9 Å². The van der Waals surface area contributed by atoms with Gasteiger partial charge in [0.2, 0.25) is 0 Å². The molecule has 1 aliphatic heterocycles. The van der Waals surface area contributed by atoms with Crippen molar-refractivity contribution in [1.29, 1.82) is 0 Å². The summed E-state index contributed by atoms with van der Waals surface area (Å²) in [7, 11) is 0. The molecule has 1 aliphatic carbocycles. The molecule has 1 aromatic rings. The van der Waals surface area contributed by atoms with Crippen LogP contribution >= 0.6 is 11.8 Å². The summed E-state index contributed by atoms with van der Waals surface area (Å²) in [6.07, 6.45) is 3.17. The first-order chi connectivity index (χ1) is 9.40. The van der Waals surface area contributed by atoms with E-state index in [0.29, 0.717) is 12.7 Å². The minimum atomic E-state index is 0.305. The van der Waals surface area contributed by atoms with Crippen LogP contribution in [0.25, 0.3) is 0 Å². The maximum Gasteiger partial charge on any atom is 0.119 e. The second kappa shape index (κ2) is 6.53. The molecule has 104 valence electrons. The summed E-state index contributed by atoms with van der Waals surface area (Å²) in [5.74, 6) is 5.18. The van der Waals surface area contributed by atoms with Gasteiger partial charge >= 0.3 is 0 Å². The predicted octanol–water partition coefficient (Wildman–Crippen LogP) is 2.99. The second-order valence-electron chi connectivity index (χ2n) is 5.10. The average molecular weight is 280 g/mol. The molecular weight excluding hydrogens is 260 g/mol. The molecule has 0 bridgehead atoms. The minimum absolute atomic E-state index is 0.305. The first-order valence-corrected chi connectivity index (χ1v) is 8.10. The Hall–Kier alpha value is -0.870. The third-order valence-electron chi connectivity index (χ3n) is 3.21. The molecule has 0 radical (unpaired) electrons. The van der Waals surface area contributed by atoms with Gasteiger partial charge in [-0.05, 0) is 48.8 Å². The molecule has 2 aliphatic rings.